The van der Waals surface area contributed by atoms with Crippen LogP contribution in [-0.4, -0.2) is 19.3 Å². The molecule has 0 amide bonds. The van der Waals surface area contributed by atoms with Gasteiger partial charge in [-0.05, 0) is 18.2 Å². The Labute approximate surface area is 119 Å². The molecule has 6 nitrogen and oxygen atoms in total. The van der Waals surface area contributed by atoms with E-state index in [1.165, 1.54) is 10.9 Å². The summed E-state index contributed by atoms with van der Waals surface area (Å²) < 4.78 is 3.11. The molecule has 3 aromatic rings. The molecule has 0 radical (unpaired) electrons. The monoisotopic (exact) mass is 289 g/mol. The third-order valence-corrected chi connectivity index (χ3v) is 3.45. The van der Waals surface area contributed by atoms with Crippen molar-refractivity contribution in [1.29, 1.82) is 0 Å². The second kappa shape index (κ2) is 4.64. The maximum atomic E-state index is 11.7. The zero-order valence-corrected chi connectivity index (χ0v) is 11.7. The standard InChI is InChI=1S/C13H12ClN5O/c1-18-7-15-9-4-3-8(5-11(9)18)17-10-6-16-19(2)13(20)12(10)14/h3-7,17H,1-2H3. The van der Waals surface area contributed by atoms with Crippen molar-refractivity contribution < 1.29 is 0 Å². The van der Waals surface area contributed by atoms with Gasteiger partial charge in [0.2, 0.25) is 0 Å². The summed E-state index contributed by atoms with van der Waals surface area (Å²) >= 11 is 6.02. The van der Waals surface area contributed by atoms with Crippen LogP contribution >= 0.6 is 11.6 Å². The van der Waals surface area contributed by atoms with Crippen LogP contribution in [0, 0.1) is 0 Å². The number of aromatic nitrogens is 4. The van der Waals surface area contributed by atoms with Gasteiger partial charge in [0.15, 0.2) is 0 Å². The first kappa shape index (κ1) is 12.7. The summed E-state index contributed by atoms with van der Waals surface area (Å²) in [6, 6.07) is 5.72. The van der Waals surface area contributed by atoms with Gasteiger partial charge in [0.25, 0.3) is 5.56 Å². The smallest absolute Gasteiger partial charge is 0.287 e. The van der Waals surface area contributed by atoms with E-state index in [2.05, 4.69) is 15.4 Å². The van der Waals surface area contributed by atoms with Crippen LogP contribution in [0.25, 0.3) is 11.0 Å². The Kier molecular flexibility index (Phi) is 2.94. The number of benzene rings is 1. The Morgan fingerprint density at radius 2 is 2.10 bits per heavy atom. The Bertz CT molecular complexity index is 852. The highest BCUT2D eigenvalue weighted by atomic mass is 35.5. The number of hydrogen-bond acceptors (Lipinski definition) is 4. The summed E-state index contributed by atoms with van der Waals surface area (Å²) in [5, 5.41) is 7.16. The first-order valence-electron chi connectivity index (χ1n) is 5.96. The molecule has 102 valence electrons. The van der Waals surface area contributed by atoms with Crippen molar-refractivity contribution in [2.24, 2.45) is 14.1 Å². The van der Waals surface area contributed by atoms with Crippen LogP contribution in [0.15, 0.2) is 35.5 Å². The molecule has 2 aromatic heterocycles. The maximum Gasteiger partial charge on any atom is 0.287 e. The van der Waals surface area contributed by atoms with Crippen LogP contribution in [-0.2, 0) is 14.1 Å². The minimum Gasteiger partial charge on any atom is -0.353 e. The predicted molar refractivity (Wildman–Crippen MR) is 78.5 cm³/mol. The minimum absolute atomic E-state index is 0.118. The Balaban J connectivity index is 2.03. The summed E-state index contributed by atoms with van der Waals surface area (Å²) in [5.41, 5.74) is 2.86. The van der Waals surface area contributed by atoms with Crippen molar-refractivity contribution in [3.05, 3.63) is 46.1 Å². The van der Waals surface area contributed by atoms with Gasteiger partial charge < -0.3 is 9.88 Å². The number of fused-ring (bicyclic) bond motifs is 1. The van der Waals surface area contributed by atoms with Gasteiger partial charge >= 0.3 is 0 Å². The lowest BCUT2D eigenvalue weighted by molar-refractivity contribution is 0.709. The van der Waals surface area contributed by atoms with Gasteiger partial charge in [0.1, 0.15) is 5.02 Å². The molecule has 20 heavy (non-hydrogen) atoms. The second-order valence-electron chi connectivity index (χ2n) is 4.48. The first-order valence-corrected chi connectivity index (χ1v) is 6.34. The highest BCUT2D eigenvalue weighted by molar-refractivity contribution is 6.33. The largest absolute Gasteiger partial charge is 0.353 e. The molecule has 0 atom stereocenters. The number of aryl methyl sites for hydroxylation is 2. The third kappa shape index (κ3) is 2.04. The fourth-order valence-electron chi connectivity index (χ4n) is 1.96. The Hall–Kier alpha value is -2.34. The highest BCUT2D eigenvalue weighted by Gasteiger charge is 2.08. The molecule has 0 saturated heterocycles. The van der Waals surface area contributed by atoms with Crippen molar-refractivity contribution in [2.45, 2.75) is 0 Å². The lowest BCUT2D eigenvalue weighted by atomic mass is 10.2. The topological polar surface area (TPSA) is 64.7 Å². The van der Waals surface area contributed by atoms with Gasteiger partial charge in [-0.15, -0.1) is 0 Å². The van der Waals surface area contributed by atoms with E-state index in [1.54, 1.807) is 13.4 Å². The van der Waals surface area contributed by atoms with Crippen molar-refractivity contribution in [1.82, 2.24) is 19.3 Å². The van der Waals surface area contributed by atoms with Crippen molar-refractivity contribution in [3.63, 3.8) is 0 Å². The number of nitrogens with one attached hydrogen (secondary N) is 1. The molecular formula is C13H12ClN5O. The zero-order valence-electron chi connectivity index (χ0n) is 11.0. The van der Waals surface area contributed by atoms with E-state index in [1.807, 2.05) is 29.8 Å². The summed E-state index contributed by atoms with van der Waals surface area (Å²) in [6.45, 7) is 0. The maximum absolute atomic E-state index is 11.7. The molecule has 0 fully saturated rings. The van der Waals surface area contributed by atoms with Crippen LogP contribution in [0.1, 0.15) is 0 Å². The van der Waals surface area contributed by atoms with Crippen molar-refractivity contribution >= 4 is 34.0 Å². The molecule has 0 aliphatic heterocycles. The molecule has 0 spiro atoms. The van der Waals surface area contributed by atoms with Crippen LogP contribution < -0.4 is 10.9 Å². The SMILES string of the molecule is Cn1ncc(Nc2ccc3ncn(C)c3c2)c(Cl)c1=O. The van der Waals surface area contributed by atoms with E-state index in [4.69, 9.17) is 11.6 Å². The van der Waals surface area contributed by atoms with Gasteiger partial charge in [0, 0.05) is 19.8 Å². The summed E-state index contributed by atoms with van der Waals surface area (Å²) in [7, 11) is 3.48. The molecule has 0 aliphatic carbocycles. The lowest BCUT2D eigenvalue weighted by Crippen LogP contribution is -2.20. The number of anilines is 2. The third-order valence-electron chi connectivity index (χ3n) is 3.08. The van der Waals surface area contributed by atoms with Crippen LogP contribution in [0.4, 0.5) is 11.4 Å². The fraction of sp³-hybridized carbons (Fsp3) is 0.154. The van der Waals surface area contributed by atoms with E-state index in [9.17, 15) is 4.79 Å². The molecule has 7 heteroatoms. The van der Waals surface area contributed by atoms with E-state index >= 15 is 0 Å². The van der Waals surface area contributed by atoms with Gasteiger partial charge in [-0.2, -0.15) is 5.10 Å². The summed E-state index contributed by atoms with van der Waals surface area (Å²) in [5.74, 6) is 0. The second-order valence-corrected chi connectivity index (χ2v) is 4.86. The number of rotatable bonds is 2. The zero-order chi connectivity index (χ0) is 14.3. The number of imidazole rings is 1. The molecule has 3 rings (SSSR count). The van der Waals surface area contributed by atoms with Crippen LogP contribution in [0.2, 0.25) is 5.02 Å². The van der Waals surface area contributed by atoms with Crippen LogP contribution in [0.5, 0.6) is 0 Å². The molecule has 1 N–H and O–H groups in total. The molecule has 0 aliphatic rings. The molecule has 1 aromatic carbocycles. The molecule has 0 bridgehead atoms. The van der Waals surface area contributed by atoms with E-state index in [0.29, 0.717) is 5.69 Å². The first-order chi connectivity index (χ1) is 9.56. The van der Waals surface area contributed by atoms with Crippen LogP contribution in [0.3, 0.4) is 0 Å². The van der Waals surface area contributed by atoms with Gasteiger partial charge in [-0.3, -0.25) is 4.79 Å². The number of nitrogens with zero attached hydrogens (tertiary/aromatic N) is 4. The molecule has 0 saturated carbocycles. The average molecular weight is 290 g/mol. The van der Waals surface area contributed by atoms with E-state index in [0.717, 1.165) is 16.7 Å². The van der Waals surface area contributed by atoms with Gasteiger partial charge in [0.05, 0.1) is 29.2 Å². The normalized spacial score (nSPS) is 10.9. The van der Waals surface area contributed by atoms with Crippen molar-refractivity contribution in [2.75, 3.05) is 5.32 Å². The summed E-state index contributed by atoms with van der Waals surface area (Å²) in [6.07, 6.45) is 3.28. The van der Waals surface area contributed by atoms with E-state index < -0.39 is 0 Å². The number of halogens is 1. The van der Waals surface area contributed by atoms with E-state index in [-0.39, 0.29) is 10.6 Å². The summed E-state index contributed by atoms with van der Waals surface area (Å²) in [4.78, 5) is 16.0. The highest BCUT2D eigenvalue weighted by Crippen LogP contribution is 2.24. The Morgan fingerprint density at radius 3 is 2.90 bits per heavy atom. The quantitative estimate of drug-likeness (QED) is 0.784. The average Bonchev–Trinajstić information content (AvgIpc) is 2.81. The van der Waals surface area contributed by atoms with Gasteiger partial charge in [-0.25, -0.2) is 9.67 Å². The van der Waals surface area contributed by atoms with Gasteiger partial charge in [-0.1, -0.05) is 11.6 Å². The predicted octanol–water partition coefficient (Wildman–Crippen LogP) is 2.06. The van der Waals surface area contributed by atoms with Crippen molar-refractivity contribution in [3.8, 4) is 0 Å². The minimum atomic E-state index is -0.335. The Morgan fingerprint density at radius 1 is 1.30 bits per heavy atom. The molecule has 0 unspecified atom stereocenters. The lowest BCUT2D eigenvalue weighted by Gasteiger charge is -2.08. The molecular weight excluding hydrogens is 278 g/mol. The number of hydrogen-bond donors (Lipinski definition) is 1. The fourth-order valence-corrected chi connectivity index (χ4v) is 2.18. The molecule has 2 heterocycles.